The van der Waals surface area contributed by atoms with Gasteiger partial charge in [-0.2, -0.15) is 18.2 Å². The molecule has 0 unspecified atom stereocenters. The minimum atomic E-state index is -4.69. The smallest absolute Gasteiger partial charge is 0.410 e. The third kappa shape index (κ3) is 5.21. The molecule has 0 spiro atoms. The van der Waals surface area contributed by atoms with E-state index in [4.69, 9.17) is 4.74 Å². The molecule has 0 atom stereocenters. The van der Waals surface area contributed by atoms with Crippen LogP contribution in [-0.4, -0.2) is 27.9 Å². The number of alkyl halides is 3. The fraction of sp³-hybridized carbons (Fsp3) is 0.471. The van der Waals surface area contributed by atoms with E-state index in [-0.39, 0.29) is 18.2 Å². The highest BCUT2D eigenvalue weighted by molar-refractivity contribution is 5.86. The molecule has 1 amide bonds. The summed E-state index contributed by atoms with van der Waals surface area (Å²) in [5, 5.41) is 3.52. The Morgan fingerprint density at radius 2 is 1.88 bits per heavy atom. The summed E-state index contributed by atoms with van der Waals surface area (Å²) in [5.41, 5.74) is 0. The van der Waals surface area contributed by atoms with Crippen LogP contribution >= 0.6 is 0 Å². The van der Waals surface area contributed by atoms with E-state index in [2.05, 4.69) is 10.1 Å². The molecule has 2 rings (SSSR count). The lowest BCUT2D eigenvalue weighted by molar-refractivity contribution is -0.145. The zero-order chi connectivity index (χ0) is 19.2. The van der Waals surface area contributed by atoms with Gasteiger partial charge in [0, 0.05) is 13.6 Å². The minimum Gasteiger partial charge on any atom is -0.410 e. The zero-order valence-electron chi connectivity index (χ0n) is 14.7. The first kappa shape index (κ1) is 19.7. The van der Waals surface area contributed by atoms with E-state index in [1.54, 1.807) is 30.3 Å². The quantitative estimate of drug-likeness (QED) is 0.673. The van der Waals surface area contributed by atoms with Gasteiger partial charge in [0.15, 0.2) is 0 Å². The van der Waals surface area contributed by atoms with Crippen molar-refractivity contribution in [3.8, 4) is 5.75 Å². The lowest BCUT2D eigenvalue weighted by Gasteiger charge is -2.16. The average molecular weight is 370 g/mol. The van der Waals surface area contributed by atoms with Crippen LogP contribution in [0.1, 0.15) is 38.4 Å². The molecule has 142 valence electrons. The predicted octanol–water partition coefficient (Wildman–Crippen LogP) is 4.51. The van der Waals surface area contributed by atoms with Crippen LogP contribution in [0.15, 0.2) is 30.3 Å². The second-order valence-electron chi connectivity index (χ2n) is 5.76. The first-order valence-corrected chi connectivity index (χ1v) is 8.35. The molecule has 6 nitrogen and oxygen atoms in total. The van der Waals surface area contributed by atoms with Crippen molar-refractivity contribution in [3.05, 3.63) is 36.2 Å². The monoisotopic (exact) mass is 370 g/mol. The number of nitrogens with zero attached hydrogens (tertiary/aromatic N) is 4. The third-order valence-corrected chi connectivity index (χ3v) is 3.65. The van der Waals surface area contributed by atoms with Crippen LogP contribution in [0, 0.1) is 0 Å². The molecule has 0 aliphatic carbocycles. The summed E-state index contributed by atoms with van der Waals surface area (Å²) in [6, 6.07) is 8.26. The van der Waals surface area contributed by atoms with Gasteiger partial charge in [-0.3, -0.25) is 0 Å². The molecular formula is C17H21F3N4O2. The summed E-state index contributed by atoms with van der Waals surface area (Å²) in [7, 11) is 1.30. The van der Waals surface area contributed by atoms with Crippen LogP contribution in [0.3, 0.4) is 0 Å². The highest BCUT2D eigenvalue weighted by Crippen LogP contribution is 2.28. The van der Waals surface area contributed by atoms with E-state index in [1.807, 2.05) is 6.92 Å². The summed E-state index contributed by atoms with van der Waals surface area (Å²) in [5.74, 6) is -1.19. The molecule has 0 bridgehead atoms. The van der Waals surface area contributed by atoms with Gasteiger partial charge in [-0.25, -0.2) is 14.4 Å². The predicted molar refractivity (Wildman–Crippen MR) is 90.0 cm³/mol. The van der Waals surface area contributed by atoms with Crippen LogP contribution < -0.4 is 9.64 Å². The maximum Gasteiger partial charge on any atom is 0.453 e. The SMILES string of the molecule is CCCCCCn1nc(C(F)(F)F)nc1N(C)C(=O)Oc1ccccc1. The number of carbonyl (C=O) groups is 1. The number of para-hydroxylation sites is 1. The molecule has 0 aliphatic rings. The number of anilines is 1. The Labute approximate surface area is 149 Å². The average Bonchev–Trinajstić information content (AvgIpc) is 3.03. The van der Waals surface area contributed by atoms with Crippen molar-refractivity contribution in [2.24, 2.45) is 0 Å². The van der Waals surface area contributed by atoms with Gasteiger partial charge in [-0.05, 0) is 18.6 Å². The number of rotatable bonds is 7. The summed E-state index contributed by atoms with van der Waals surface area (Å²) < 4.78 is 45.1. The van der Waals surface area contributed by atoms with Crippen LogP contribution in [-0.2, 0) is 12.7 Å². The van der Waals surface area contributed by atoms with Gasteiger partial charge in [0.1, 0.15) is 5.75 Å². The molecular weight excluding hydrogens is 349 g/mol. The number of halogens is 3. The van der Waals surface area contributed by atoms with Gasteiger partial charge in [-0.15, -0.1) is 5.10 Å². The van der Waals surface area contributed by atoms with Gasteiger partial charge in [0.05, 0.1) is 0 Å². The van der Waals surface area contributed by atoms with Crippen molar-refractivity contribution < 1.29 is 22.7 Å². The van der Waals surface area contributed by atoms with Crippen LogP contribution in [0.2, 0.25) is 0 Å². The second kappa shape index (κ2) is 8.68. The maximum atomic E-state index is 13.0. The number of aromatic nitrogens is 3. The molecule has 0 radical (unpaired) electrons. The van der Waals surface area contributed by atoms with Crippen molar-refractivity contribution in [2.45, 2.75) is 45.3 Å². The Morgan fingerprint density at radius 1 is 1.19 bits per heavy atom. The normalized spacial score (nSPS) is 11.4. The fourth-order valence-electron chi connectivity index (χ4n) is 2.28. The molecule has 0 saturated heterocycles. The van der Waals surface area contributed by atoms with E-state index in [9.17, 15) is 18.0 Å². The Hall–Kier alpha value is -2.58. The van der Waals surface area contributed by atoms with Crippen LogP contribution in [0.4, 0.5) is 23.9 Å². The summed E-state index contributed by atoms with van der Waals surface area (Å²) in [4.78, 5) is 16.7. The Kier molecular flexibility index (Phi) is 6.59. The topological polar surface area (TPSA) is 60.2 Å². The van der Waals surface area contributed by atoms with E-state index in [0.717, 1.165) is 28.8 Å². The minimum absolute atomic E-state index is 0.199. The van der Waals surface area contributed by atoms with E-state index < -0.39 is 18.1 Å². The molecule has 0 saturated carbocycles. The van der Waals surface area contributed by atoms with Gasteiger partial charge in [0.2, 0.25) is 5.95 Å². The highest BCUT2D eigenvalue weighted by atomic mass is 19.4. The van der Waals surface area contributed by atoms with Crippen molar-refractivity contribution in [1.29, 1.82) is 0 Å². The lowest BCUT2D eigenvalue weighted by atomic mass is 10.2. The number of hydrogen-bond donors (Lipinski definition) is 0. The Bertz CT molecular complexity index is 717. The van der Waals surface area contributed by atoms with Crippen LogP contribution in [0.5, 0.6) is 5.75 Å². The Balaban J connectivity index is 2.18. The summed E-state index contributed by atoms with van der Waals surface area (Å²) >= 11 is 0. The van der Waals surface area contributed by atoms with Gasteiger partial charge in [-0.1, -0.05) is 44.4 Å². The van der Waals surface area contributed by atoms with Crippen molar-refractivity contribution in [3.63, 3.8) is 0 Å². The van der Waals surface area contributed by atoms with Gasteiger partial charge < -0.3 is 4.74 Å². The molecule has 2 aromatic rings. The van der Waals surface area contributed by atoms with Crippen LogP contribution in [0.25, 0.3) is 0 Å². The molecule has 1 heterocycles. The number of unbranched alkanes of at least 4 members (excludes halogenated alkanes) is 3. The molecule has 1 aromatic carbocycles. The summed E-state index contributed by atoms with van der Waals surface area (Å²) in [6.45, 7) is 2.28. The number of hydrogen-bond acceptors (Lipinski definition) is 4. The van der Waals surface area contributed by atoms with Gasteiger partial charge >= 0.3 is 12.3 Å². The van der Waals surface area contributed by atoms with Crippen molar-refractivity contribution in [1.82, 2.24) is 14.8 Å². The largest absolute Gasteiger partial charge is 0.453 e. The maximum absolute atomic E-state index is 13.0. The van der Waals surface area contributed by atoms with Crippen molar-refractivity contribution >= 4 is 12.0 Å². The fourth-order valence-corrected chi connectivity index (χ4v) is 2.28. The van der Waals surface area contributed by atoms with E-state index in [0.29, 0.717) is 6.42 Å². The molecule has 1 aromatic heterocycles. The second-order valence-corrected chi connectivity index (χ2v) is 5.76. The molecule has 0 aliphatic heterocycles. The number of benzene rings is 1. The first-order chi connectivity index (χ1) is 12.3. The standard InChI is InChI=1S/C17H21F3N4O2/c1-3-4-5-9-12-24-15(21-14(22-24)17(18,19)20)23(2)16(25)26-13-10-7-6-8-11-13/h6-8,10-11H,3-5,9,12H2,1-2H3. The zero-order valence-corrected chi connectivity index (χ0v) is 14.7. The molecule has 0 N–H and O–H groups in total. The summed E-state index contributed by atoms with van der Waals surface area (Å²) in [6.07, 6.45) is -2.05. The molecule has 9 heteroatoms. The number of aryl methyl sites for hydroxylation is 1. The third-order valence-electron chi connectivity index (χ3n) is 3.65. The van der Waals surface area contributed by atoms with E-state index >= 15 is 0 Å². The first-order valence-electron chi connectivity index (χ1n) is 8.35. The number of ether oxygens (including phenoxy) is 1. The molecule has 26 heavy (non-hydrogen) atoms. The number of amides is 1. The van der Waals surface area contributed by atoms with Crippen molar-refractivity contribution in [2.75, 3.05) is 11.9 Å². The number of carbonyl (C=O) groups excluding carboxylic acids is 1. The lowest BCUT2D eigenvalue weighted by Crippen LogP contribution is -2.32. The van der Waals surface area contributed by atoms with E-state index in [1.165, 1.54) is 7.05 Å². The Morgan fingerprint density at radius 3 is 2.50 bits per heavy atom. The highest BCUT2D eigenvalue weighted by Gasteiger charge is 2.38. The molecule has 0 fully saturated rings. The van der Waals surface area contributed by atoms with Gasteiger partial charge in [0.25, 0.3) is 5.82 Å².